The quantitative estimate of drug-likeness (QED) is 0.0337. The van der Waals surface area contributed by atoms with Crippen LogP contribution < -0.4 is 22.9 Å². The van der Waals surface area contributed by atoms with E-state index in [2.05, 4.69) is 23.6 Å². The van der Waals surface area contributed by atoms with Gasteiger partial charge in [0, 0.05) is 13.1 Å². The maximum atomic E-state index is 13.5. The minimum absolute atomic E-state index is 0. The lowest BCUT2D eigenvalue weighted by Gasteiger charge is -2.25. The van der Waals surface area contributed by atoms with Crippen molar-refractivity contribution in [3.8, 4) is 0 Å². The van der Waals surface area contributed by atoms with Crippen molar-refractivity contribution in [1.29, 1.82) is 0 Å². The first-order chi connectivity index (χ1) is 24.3. The summed E-state index contributed by atoms with van der Waals surface area (Å²) in [6.45, 7) is 13.6. The van der Waals surface area contributed by atoms with Gasteiger partial charge in [-0.2, -0.15) is 0 Å². The second kappa shape index (κ2) is 52.9. The Morgan fingerprint density at radius 1 is 0.357 bits per heavy atom. The van der Waals surface area contributed by atoms with E-state index in [1.807, 2.05) is 0 Å². The highest BCUT2D eigenvalue weighted by Crippen LogP contribution is 2.49. The maximum Gasteiger partial charge on any atom is 0.331 e. The summed E-state index contributed by atoms with van der Waals surface area (Å²) in [5, 5.41) is 0. The zero-order chi connectivity index (χ0) is 37.0. The molecule has 350 valence electrons. The summed E-state index contributed by atoms with van der Waals surface area (Å²) < 4.78 is 50.6. The molecule has 0 rings (SSSR count). The number of rotatable bonds is 41. The second-order valence-electron chi connectivity index (χ2n) is 13.5. The number of nitrogens with two attached hydrogens (primary N) is 4. The first-order valence-electron chi connectivity index (χ1n) is 20.3. The van der Waals surface area contributed by atoms with E-state index < -0.39 is 15.2 Å². The van der Waals surface area contributed by atoms with Gasteiger partial charge in [-0.1, -0.05) is 78.1 Å². The van der Waals surface area contributed by atoms with Gasteiger partial charge in [-0.05, 0) is 104 Å². The highest BCUT2D eigenvalue weighted by Gasteiger charge is 2.26. The molecule has 0 bridgehead atoms. The lowest BCUT2D eigenvalue weighted by atomic mass is 10.1. The summed E-state index contributed by atoms with van der Waals surface area (Å²) in [5.74, 6) is 0. The van der Waals surface area contributed by atoms with Crippen LogP contribution in [0.3, 0.4) is 0 Å². The molecule has 0 radical (unpaired) electrons. The van der Waals surface area contributed by atoms with E-state index in [0.29, 0.717) is 78.0 Å². The SMILES string of the molecule is CCCCOP(=O)(CCN(CCCN)CCCN)OCCCCCCCCCCCCOP(=O)(CCN(CCCN)CCCN)OCCCC.Cl.Cl.Cl.Cl.Cl.Cl. The van der Waals surface area contributed by atoms with E-state index in [9.17, 15) is 9.13 Å². The molecule has 56 heavy (non-hydrogen) atoms. The fourth-order valence-corrected chi connectivity index (χ4v) is 8.86. The molecule has 0 aromatic carbocycles. The van der Waals surface area contributed by atoms with Gasteiger partial charge in [0.25, 0.3) is 0 Å². The van der Waals surface area contributed by atoms with Gasteiger partial charge in [-0.15, -0.1) is 74.4 Å². The van der Waals surface area contributed by atoms with E-state index in [1.165, 1.54) is 25.7 Å². The molecule has 0 aliphatic rings. The Hall–Kier alpha value is 1.80. The van der Waals surface area contributed by atoms with Crippen molar-refractivity contribution in [3.63, 3.8) is 0 Å². The molecule has 0 amide bonds. The van der Waals surface area contributed by atoms with Crippen molar-refractivity contribution in [2.75, 3.05) is 104 Å². The van der Waals surface area contributed by atoms with E-state index in [0.717, 1.165) is 116 Å². The van der Waals surface area contributed by atoms with Crippen molar-refractivity contribution in [2.45, 2.75) is 129 Å². The predicted molar refractivity (Wildman–Crippen MR) is 256 cm³/mol. The third-order valence-electron chi connectivity index (χ3n) is 8.78. The molecule has 0 saturated heterocycles. The molecular weight excluding hydrogens is 887 g/mol. The molecule has 20 heteroatoms. The molecule has 0 spiro atoms. The van der Waals surface area contributed by atoms with Gasteiger partial charge in [-0.25, -0.2) is 0 Å². The standard InChI is InChI=1S/C36H82N6O6P2.6ClH/c1-3-5-31-45-49(43,35-29-41(25-17-21-37)26-18-22-38)47-33-15-13-11-9-7-8-10-12-14-16-34-48-50(44,46-32-6-4-2)36-30-42(27-19-23-39)28-20-24-40;;;;;;/h3-40H2,1-2H3;6*1H. The lowest BCUT2D eigenvalue weighted by Crippen LogP contribution is -2.31. The van der Waals surface area contributed by atoms with Crippen molar-refractivity contribution >= 4 is 89.6 Å². The average Bonchev–Trinajstić information content (AvgIpc) is 3.11. The molecule has 12 nitrogen and oxygen atoms in total. The molecular formula is C36H88Cl6N6O6P2. The topological polar surface area (TPSA) is 182 Å². The Balaban J connectivity index is -0.000000800. The van der Waals surface area contributed by atoms with Gasteiger partial charge < -0.3 is 50.8 Å². The minimum atomic E-state index is -3.13. The highest BCUT2D eigenvalue weighted by atomic mass is 35.5. The third-order valence-corrected chi connectivity index (χ3v) is 12.6. The largest absolute Gasteiger partial charge is 0.331 e. The predicted octanol–water partition coefficient (Wildman–Crippen LogP) is 9.47. The van der Waals surface area contributed by atoms with Crippen LogP contribution in [-0.2, 0) is 27.2 Å². The first-order valence-corrected chi connectivity index (χ1v) is 23.8. The Bertz CT molecular complexity index is 767. The van der Waals surface area contributed by atoms with Crippen LogP contribution in [0.1, 0.15) is 129 Å². The highest BCUT2D eigenvalue weighted by molar-refractivity contribution is 7.54. The van der Waals surface area contributed by atoms with Gasteiger partial charge in [0.05, 0.1) is 38.8 Å². The van der Waals surface area contributed by atoms with Crippen molar-refractivity contribution in [1.82, 2.24) is 9.80 Å². The zero-order valence-electron chi connectivity index (χ0n) is 35.0. The van der Waals surface area contributed by atoms with E-state index in [-0.39, 0.29) is 74.4 Å². The Morgan fingerprint density at radius 3 is 0.821 bits per heavy atom. The molecule has 0 aromatic heterocycles. The van der Waals surface area contributed by atoms with Gasteiger partial charge in [-0.3, -0.25) is 9.13 Å². The molecule has 8 N–H and O–H groups in total. The summed E-state index contributed by atoms with van der Waals surface area (Å²) in [4.78, 5) is 4.56. The van der Waals surface area contributed by atoms with Crippen molar-refractivity contribution < 1.29 is 27.2 Å². The number of hydrogen-bond acceptors (Lipinski definition) is 12. The fourth-order valence-electron chi connectivity index (χ4n) is 5.51. The molecule has 2 unspecified atom stereocenters. The minimum Gasteiger partial charge on any atom is -0.330 e. The van der Waals surface area contributed by atoms with Crippen LogP contribution in [0.5, 0.6) is 0 Å². The Labute approximate surface area is 381 Å². The molecule has 0 aliphatic carbocycles. The van der Waals surface area contributed by atoms with Gasteiger partial charge >= 0.3 is 15.2 Å². The Morgan fingerprint density at radius 2 is 0.589 bits per heavy atom. The summed E-state index contributed by atoms with van der Waals surface area (Å²) in [5.41, 5.74) is 22.9. The average molecular weight is 976 g/mol. The molecule has 2 atom stereocenters. The zero-order valence-corrected chi connectivity index (χ0v) is 41.7. The van der Waals surface area contributed by atoms with E-state index >= 15 is 0 Å². The monoisotopic (exact) mass is 972 g/mol. The van der Waals surface area contributed by atoms with Crippen LogP contribution >= 0.6 is 89.6 Å². The van der Waals surface area contributed by atoms with Crippen LogP contribution in [0.2, 0.25) is 0 Å². The number of hydrogen-bond donors (Lipinski definition) is 4. The van der Waals surface area contributed by atoms with E-state index in [1.54, 1.807) is 0 Å². The van der Waals surface area contributed by atoms with Crippen LogP contribution in [0, 0.1) is 0 Å². The van der Waals surface area contributed by atoms with Gasteiger partial charge in [0.1, 0.15) is 0 Å². The van der Waals surface area contributed by atoms with Crippen molar-refractivity contribution in [2.24, 2.45) is 22.9 Å². The fraction of sp³-hybridized carbons (Fsp3) is 1.00. The lowest BCUT2D eigenvalue weighted by molar-refractivity contribution is 0.191. The second-order valence-corrected chi connectivity index (χ2v) is 17.9. The van der Waals surface area contributed by atoms with Crippen LogP contribution in [-0.4, -0.2) is 114 Å². The number of halogens is 6. The smallest absolute Gasteiger partial charge is 0.330 e. The number of unbranched alkanes of at least 4 members (excludes halogenated alkanes) is 11. The number of nitrogens with zero attached hydrogens (tertiary/aromatic N) is 2. The normalized spacial score (nSPS) is 12.9. The maximum absolute atomic E-state index is 13.5. The summed E-state index contributed by atoms with van der Waals surface area (Å²) in [6.07, 6.45) is 19.3. The third kappa shape index (κ3) is 45.3. The van der Waals surface area contributed by atoms with Crippen LogP contribution in [0.15, 0.2) is 0 Å². The summed E-state index contributed by atoms with van der Waals surface area (Å²) in [7, 11) is -6.25. The molecule has 0 fully saturated rings. The van der Waals surface area contributed by atoms with Crippen LogP contribution in [0.4, 0.5) is 0 Å². The molecule has 0 aliphatic heterocycles. The molecule has 0 heterocycles. The van der Waals surface area contributed by atoms with Gasteiger partial charge in [0.2, 0.25) is 0 Å². The van der Waals surface area contributed by atoms with Crippen molar-refractivity contribution in [3.05, 3.63) is 0 Å². The molecule has 0 saturated carbocycles. The first kappa shape index (κ1) is 72.3. The summed E-state index contributed by atoms with van der Waals surface area (Å²) in [6, 6.07) is 0. The molecule has 0 aromatic rings. The van der Waals surface area contributed by atoms with E-state index in [4.69, 9.17) is 41.0 Å². The van der Waals surface area contributed by atoms with Gasteiger partial charge in [0.15, 0.2) is 0 Å². The Kier molecular flexibility index (Phi) is 68.3. The summed E-state index contributed by atoms with van der Waals surface area (Å²) >= 11 is 0. The van der Waals surface area contributed by atoms with Crippen LogP contribution in [0.25, 0.3) is 0 Å².